The second-order valence-corrected chi connectivity index (χ2v) is 8.74. The third-order valence-electron chi connectivity index (χ3n) is 3.95. The molecule has 2 aromatic heterocycles. The maximum absolute atomic E-state index is 12.1. The maximum atomic E-state index is 12.1. The summed E-state index contributed by atoms with van der Waals surface area (Å²) in [4.78, 5) is 15.9. The van der Waals surface area contributed by atoms with Gasteiger partial charge in [-0.3, -0.25) is 9.52 Å². The van der Waals surface area contributed by atoms with Crippen molar-refractivity contribution >= 4 is 38.8 Å². The van der Waals surface area contributed by atoms with Gasteiger partial charge in [0.05, 0.1) is 16.5 Å². The molecule has 1 aromatic carbocycles. The van der Waals surface area contributed by atoms with Gasteiger partial charge in [-0.25, -0.2) is 13.4 Å². The standard InChI is InChI=1S/C17H15N5O3S2.2H2/c23-17(15-9-26-10-18-15)19-16-7-6-14(20-21-16)11-2-1-3-12(8-11)22-27(24,25)13-4-5-13;;/h1-3,6-10,13,22H,4-5H2,(H,19,21,23);2*1H. The lowest BCUT2D eigenvalue weighted by Crippen LogP contribution is -2.17. The largest absolute Gasteiger partial charge is 0.304 e. The summed E-state index contributed by atoms with van der Waals surface area (Å²) in [6, 6.07) is 10.3. The maximum Gasteiger partial charge on any atom is 0.276 e. The van der Waals surface area contributed by atoms with Gasteiger partial charge in [0.15, 0.2) is 5.82 Å². The van der Waals surface area contributed by atoms with E-state index in [1.165, 1.54) is 11.3 Å². The molecule has 1 saturated carbocycles. The monoisotopic (exact) mass is 405 g/mol. The van der Waals surface area contributed by atoms with Crippen molar-refractivity contribution in [3.05, 3.63) is 53.0 Å². The van der Waals surface area contributed by atoms with E-state index in [9.17, 15) is 13.2 Å². The van der Waals surface area contributed by atoms with Crippen LogP contribution in [0.15, 0.2) is 47.3 Å². The number of hydrogen-bond donors (Lipinski definition) is 2. The van der Waals surface area contributed by atoms with Crippen LogP contribution in [0.2, 0.25) is 0 Å². The van der Waals surface area contributed by atoms with E-state index in [1.54, 1.807) is 41.2 Å². The Hall–Kier alpha value is -2.85. The number of aromatic nitrogens is 3. The van der Waals surface area contributed by atoms with Gasteiger partial charge in [0.1, 0.15) is 5.69 Å². The molecule has 0 atom stereocenters. The summed E-state index contributed by atoms with van der Waals surface area (Å²) >= 11 is 1.33. The molecule has 142 valence electrons. The van der Waals surface area contributed by atoms with Gasteiger partial charge < -0.3 is 5.32 Å². The molecule has 2 heterocycles. The third kappa shape index (κ3) is 4.12. The summed E-state index contributed by atoms with van der Waals surface area (Å²) in [5, 5.41) is 12.1. The molecule has 4 rings (SSSR count). The fourth-order valence-electron chi connectivity index (χ4n) is 2.43. The van der Waals surface area contributed by atoms with E-state index in [0.717, 1.165) is 5.56 Å². The smallest absolute Gasteiger partial charge is 0.276 e. The first kappa shape index (κ1) is 17.6. The molecule has 2 N–H and O–H groups in total. The first-order valence-electron chi connectivity index (χ1n) is 8.16. The molecule has 0 unspecified atom stereocenters. The number of hydrogen-bond acceptors (Lipinski definition) is 7. The van der Waals surface area contributed by atoms with Crippen LogP contribution in [-0.4, -0.2) is 34.8 Å². The molecule has 8 nitrogen and oxygen atoms in total. The third-order valence-corrected chi connectivity index (χ3v) is 6.41. The van der Waals surface area contributed by atoms with Crippen LogP contribution in [0.25, 0.3) is 11.3 Å². The van der Waals surface area contributed by atoms with Gasteiger partial charge >= 0.3 is 0 Å². The van der Waals surface area contributed by atoms with Crippen molar-refractivity contribution in [1.82, 2.24) is 15.2 Å². The Balaban J connectivity index is 0.00000150. The van der Waals surface area contributed by atoms with E-state index in [0.29, 0.717) is 35.7 Å². The molecule has 1 fully saturated rings. The van der Waals surface area contributed by atoms with Crippen LogP contribution in [0, 0.1) is 0 Å². The minimum absolute atomic E-state index is 0. The SMILES string of the molecule is O=C(Nc1ccc(-c2cccc(NS(=O)(=O)C3CC3)c2)nn1)c1cscn1.[HH].[HH]. The zero-order chi connectivity index (χ0) is 18.9. The van der Waals surface area contributed by atoms with Crippen LogP contribution in [0.5, 0.6) is 0 Å². The van der Waals surface area contributed by atoms with Gasteiger partial charge in [-0.2, -0.15) is 0 Å². The van der Waals surface area contributed by atoms with Crippen LogP contribution >= 0.6 is 11.3 Å². The van der Waals surface area contributed by atoms with E-state index in [2.05, 4.69) is 25.2 Å². The van der Waals surface area contributed by atoms with Crippen LogP contribution < -0.4 is 10.0 Å². The minimum Gasteiger partial charge on any atom is -0.304 e. The molecule has 0 aliphatic heterocycles. The van der Waals surface area contributed by atoms with E-state index in [4.69, 9.17) is 0 Å². The number of nitrogens with zero attached hydrogens (tertiary/aromatic N) is 3. The molecule has 27 heavy (non-hydrogen) atoms. The fourth-order valence-corrected chi connectivity index (χ4v) is 4.34. The zero-order valence-corrected chi connectivity index (χ0v) is 15.6. The Morgan fingerprint density at radius 1 is 1.19 bits per heavy atom. The summed E-state index contributed by atoms with van der Waals surface area (Å²) in [5.41, 5.74) is 3.67. The molecule has 10 heteroatoms. The molecule has 3 aromatic rings. The number of nitrogens with one attached hydrogen (secondary N) is 2. The van der Waals surface area contributed by atoms with Crippen molar-refractivity contribution in [1.29, 1.82) is 0 Å². The van der Waals surface area contributed by atoms with Crippen LogP contribution in [0.4, 0.5) is 11.5 Å². The van der Waals surface area contributed by atoms with Gasteiger partial charge in [-0.15, -0.1) is 21.5 Å². The van der Waals surface area contributed by atoms with Crippen molar-refractivity contribution in [2.24, 2.45) is 0 Å². The number of benzene rings is 1. The lowest BCUT2D eigenvalue weighted by atomic mass is 10.1. The van der Waals surface area contributed by atoms with Crippen molar-refractivity contribution in [2.45, 2.75) is 18.1 Å². The van der Waals surface area contributed by atoms with Crippen molar-refractivity contribution in [3.63, 3.8) is 0 Å². The molecule has 0 saturated heterocycles. The number of sulfonamides is 1. The molecule has 1 aliphatic rings. The van der Waals surface area contributed by atoms with Crippen LogP contribution in [0.3, 0.4) is 0 Å². The number of carbonyl (C=O) groups is 1. The van der Waals surface area contributed by atoms with Crippen molar-refractivity contribution in [2.75, 3.05) is 10.0 Å². The average molecular weight is 406 g/mol. The summed E-state index contributed by atoms with van der Waals surface area (Å²) in [6.45, 7) is 0. The second-order valence-electron chi connectivity index (χ2n) is 6.06. The van der Waals surface area contributed by atoms with Crippen molar-refractivity contribution < 1.29 is 16.1 Å². The Kier molecular flexibility index (Phi) is 4.58. The van der Waals surface area contributed by atoms with E-state index < -0.39 is 10.0 Å². The number of amides is 1. The number of carbonyl (C=O) groups excluding carboxylic acids is 1. The molecule has 0 radical (unpaired) electrons. The summed E-state index contributed by atoms with van der Waals surface area (Å²) in [5.74, 6) is -0.0443. The fraction of sp³-hybridized carbons (Fsp3) is 0.176. The van der Waals surface area contributed by atoms with Gasteiger partial charge in [-0.1, -0.05) is 12.1 Å². The molecular formula is C17H19N5O3S2. The zero-order valence-electron chi connectivity index (χ0n) is 14.0. The Morgan fingerprint density at radius 2 is 2.04 bits per heavy atom. The van der Waals surface area contributed by atoms with Crippen LogP contribution in [-0.2, 0) is 10.0 Å². The summed E-state index contributed by atoms with van der Waals surface area (Å²) in [7, 11) is -3.32. The van der Waals surface area contributed by atoms with E-state index in [-0.39, 0.29) is 14.0 Å². The number of anilines is 2. The highest BCUT2D eigenvalue weighted by Gasteiger charge is 2.35. The predicted octanol–water partition coefficient (Wildman–Crippen LogP) is 3.25. The first-order valence-corrected chi connectivity index (χ1v) is 10.7. The molecule has 1 amide bonds. The lowest BCUT2D eigenvalue weighted by molar-refractivity contribution is 0.102. The molecular weight excluding hydrogens is 386 g/mol. The Morgan fingerprint density at radius 3 is 2.70 bits per heavy atom. The van der Waals surface area contributed by atoms with E-state index >= 15 is 0 Å². The van der Waals surface area contributed by atoms with Crippen molar-refractivity contribution in [3.8, 4) is 11.3 Å². The van der Waals surface area contributed by atoms with Gasteiger partial charge in [0.2, 0.25) is 10.0 Å². The summed E-state index contributed by atoms with van der Waals surface area (Å²) in [6.07, 6.45) is 1.41. The lowest BCUT2D eigenvalue weighted by Gasteiger charge is -2.09. The Labute approximate surface area is 162 Å². The second kappa shape index (κ2) is 7.05. The van der Waals surface area contributed by atoms with E-state index in [1.807, 2.05) is 6.07 Å². The number of thiazole rings is 1. The first-order chi connectivity index (χ1) is 13.0. The van der Waals surface area contributed by atoms with Gasteiger partial charge in [0.25, 0.3) is 5.91 Å². The number of rotatable bonds is 6. The highest BCUT2D eigenvalue weighted by atomic mass is 32.2. The molecule has 1 aliphatic carbocycles. The normalized spacial score (nSPS) is 13.9. The van der Waals surface area contributed by atoms with Crippen LogP contribution in [0.1, 0.15) is 26.2 Å². The minimum atomic E-state index is -3.32. The molecule has 0 spiro atoms. The van der Waals surface area contributed by atoms with Gasteiger partial charge in [0, 0.05) is 19.5 Å². The van der Waals surface area contributed by atoms with Gasteiger partial charge in [-0.05, 0) is 37.1 Å². The highest BCUT2D eigenvalue weighted by molar-refractivity contribution is 7.93. The quantitative estimate of drug-likeness (QED) is 0.651. The predicted molar refractivity (Wildman–Crippen MR) is 107 cm³/mol. The highest BCUT2D eigenvalue weighted by Crippen LogP contribution is 2.30. The topological polar surface area (TPSA) is 114 Å². The molecule has 0 bridgehead atoms. The average Bonchev–Trinajstić information content (AvgIpc) is 3.38. The summed E-state index contributed by atoms with van der Waals surface area (Å²) < 4.78 is 26.7. The Bertz CT molecular complexity index is 1070.